The highest BCUT2D eigenvalue weighted by Gasteiger charge is 2.41. The summed E-state index contributed by atoms with van der Waals surface area (Å²) in [7, 11) is 0. The van der Waals surface area contributed by atoms with Gasteiger partial charge in [-0.1, -0.05) is 6.92 Å². The summed E-state index contributed by atoms with van der Waals surface area (Å²) in [5.41, 5.74) is 0.508. The van der Waals surface area contributed by atoms with Crippen LogP contribution in [0.15, 0.2) is 0 Å². The molecule has 1 N–H and O–H groups in total. The molecule has 0 spiro atoms. The number of aliphatic hydroxyl groups excluding tert-OH is 1. The number of hydrogen-bond acceptors (Lipinski definition) is 1. The average molecular weight is 140 g/mol. The Morgan fingerprint density at radius 3 is 2.20 bits per heavy atom. The molecule has 0 aliphatic heterocycles. The maximum atomic E-state index is 9.56. The van der Waals surface area contributed by atoms with Gasteiger partial charge in [-0.25, -0.2) is 0 Å². The van der Waals surface area contributed by atoms with Crippen molar-refractivity contribution in [1.82, 2.24) is 0 Å². The summed E-state index contributed by atoms with van der Waals surface area (Å²) in [5, 5.41) is 9.56. The molecule has 0 amide bonds. The van der Waals surface area contributed by atoms with Crippen LogP contribution in [-0.2, 0) is 0 Å². The second-order valence-electron chi connectivity index (χ2n) is 4.42. The highest BCUT2D eigenvalue weighted by Crippen LogP contribution is 2.49. The maximum absolute atomic E-state index is 9.56. The molecule has 58 valence electrons. The van der Waals surface area contributed by atoms with Crippen LogP contribution in [0.4, 0.5) is 0 Å². The third-order valence-corrected chi connectivity index (χ3v) is 3.48. The molecule has 1 atom stereocenters. The van der Waals surface area contributed by atoms with Crippen LogP contribution in [0, 0.1) is 11.3 Å². The van der Waals surface area contributed by atoms with Crippen LogP contribution >= 0.6 is 0 Å². The third-order valence-electron chi connectivity index (χ3n) is 3.48. The van der Waals surface area contributed by atoms with Crippen molar-refractivity contribution in [3.63, 3.8) is 0 Å². The molecular formula is C9H16O. The summed E-state index contributed by atoms with van der Waals surface area (Å²) >= 11 is 0. The molecule has 0 aromatic carbocycles. The Morgan fingerprint density at radius 2 is 1.90 bits per heavy atom. The molecule has 1 nitrogen and oxygen atoms in total. The normalized spacial score (nSPS) is 53.4. The molecule has 3 saturated carbocycles. The Bertz CT molecular complexity index is 134. The Kier molecular flexibility index (Phi) is 1.31. The molecule has 3 aliphatic carbocycles. The fraction of sp³-hybridized carbons (Fsp3) is 1.00. The topological polar surface area (TPSA) is 20.2 Å². The third kappa shape index (κ3) is 0.878. The van der Waals surface area contributed by atoms with E-state index in [1.165, 1.54) is 25.7 Å². The number of aliphatic hydroxyl groups is 1. The predicted octanol–water partition coefficient (Wildman–Crippen LogP) is 1.95. The summed E-state index contributed by atoms with van der Waals surface area (Å²) in [6.07, 6.45) is 6.36. The summed E-state index contributed by atoms with van der Waals surface area (Å²) in [6, 6.07) is 0. The second kappa shape index (κ2) is 1.97. The van der Waals surface area contributed by atoms with E-state index in [1.807, 2.05) is 0 Å². The van der Waals surface area contributed by atoms with E-state index in [4.69, 9.17) is 0 Å². The van der Waals surface area contributed by atoms with Gasteiger partial charge in [0.05, 0.1) is 6.10 Å². The first-order valence-electron chi connectivity index (χ1n) is 4.38. The minimum Gasteiger partial charge on any atom is -0.393 e. The molecule has 0 aromatic rings. The van der Waals surface area contributed by atoms with Gasteiger partial charge < -0.3 is 5.11 Å². The van der Waals surface area contributed by atoms with Gasteiger partial charge >= 0.3 is 0 Å². The van der Waals surface area contributed by atoms with E-state index in [9.17, 15) is 5.11 Å². The molecule has 3 fully saturated rings. The van der Waals surface area contributed by atoms with Gasteiger partial charge in [-0.2, -0.15) is 0 Å². The summed E-state index contributed by atoms with van der Waals surface area (Å²) in [5.74, 6) is 0.654. The quantitative estimate of drug-likeness (QED) is 0.545. The highest BCUT2D eigenvalue weighted by atomic mass is 16.3. The van der Waals surface area contributed by atoms with E-state index in [0.717, 1.165) is 6.42 Å². The lowest BCUT2D eigenvalue weighted by atomic mass is 9.60. The van der Waals surface area contributed by atoms with Gasteiger partial charge in [-0.3, -0.25) is 0 Å². The molecule has 0 saturated heterocycles. The van der Waals surface area contributed by atoms with Gasteiger partial charge in [-0.15, -0.1) is 0 Å². The van der Waals surface area contributed by atoms with Crippen LogP contribution in [0.3, 0.4) is 0 Å². The number of fused-ring (bicyclic) bond motifs is 3. The molecule has 1 heteroatoms. The zero-order valence-electron chi connectivity index (χ0n) is 6.64. The lowest BCUT2D eigenvalue weighted by Gasteiger charge is -2.47. The predicted molar refractivity (Wildman–Crippen MR) is 40.7 cm³/mol. The Hall–Kier alpha value is -0.0400. The van der Waals surface area contributed by atoms with Crippen LogP contribution in [0.5, 0.6) is 0 Å². The summed E-state index contributed by atoms with van der Waals surface area (Å²) in [6.45, 7) is 2.33. The monoisotopic (exact) mass is 140 g/mol. The Morgan fingerprint density at radius 1 is 1.30 bits per heavy atom. The van der Waals surface area contributed by atoms with Crippen LogP contribution in [0.1, 0.15) is 39.0 Å². The van der Waals surface area contributed by atoms with Gasteiger partial charge in [0.2, 0.25) is 0 Å². The summed E-state index contributed by atoms with van der Waals surface area (Å²) < 4.78 is 0. The average Bonchev–Trinajstić information content (AvgIpc) is 1.87. The molecule has 10 heavy (non-hydrogen) atoms. The first kappa shape index (κ1) is 6.66. The lowest BCUT2D eigenvalue weighted by molar-refractivity contribution is -0.0422. The van der Waals surface area contributed by atoms with E-state index in [0.29, 0.717) is 11.3 Å². The first-order chi connectivity index (χ1) is 4.70. The minimum atomic E-state index is 0.0347. The fourth-order valence-corrected chi connectivity index (χ4v) is 2.60. The zero-order valence-corrected chi connectivity index (χ0v) is 6.64. The Labute approximate surface area is 62.4 Å². The van der Waals surface area contributed by atoms with Crippen molar-refractivity contribution in [3.05, 3.63) is 0 Å². The smallest absolute Gasteiger partial charge is 0.0573 e. The van der Waals surface area contributed by atoms with E-state index in [-0.39, 0.29) is 6.10 Å². The molecule has 0 aromatic heterocycles. The van der Waals surface area contributed by atoms with Gasteiger partial charge in [0.15, 0.2) is 0 Å². The molecule has 0 unspecified atom stereocenters. The second-order valence-corrected chi connectivity index (χ2v) is 4.42. The van der Waals surface area contributed by atoms with Crippen molar-refractivity contribution in [1.29, 1.82) is 0 Å². The highest BCUT2D eigenvalue weighted by molar-refractivity contribution is 4.93. The van der Waals surface area contributed by atoms with Gasteiger partial charge in [0.25, 0.3) is 0 Å². The molecule has 3 aliphatic rings. The largest absolute Gasteiger partial charge is 0.393 e. The van der Waals surface area contributed by atoms with Crippen LogP contribution in [-0.4, -0.2) is 11.2 Å². The van der Waals surface area contributed by atoms with E-state index >= 15 is 0 Å². The van der Waals surface area contributed by atoms with E-state index < -0.39 is 0 Å². The van der Waals surface area contributed by atoms with Gasteiger partial charge in [0, 0.05) is 0 Å². The van der Waals surface area contributed by atoms with Crippen LogP contribution < -0.4 is 0 Å². The van der Waals surface area contributed by atoms with Gasteiger partial charge in [-0.05, 0) is 43.4 Å². The van der Waals surface area contributed by atoms with Crippen molar-refractivity contribution >= 4 is 0 Å². The minimum absolute atomic E-state index is 0.0347. The maximum Gasteiger partial charge on any atom is 0.0573 e. The number of hydrogen-bond donors (Lipinski definition) is 1. The van der Waals surface area contributed by atoms with Crippen LogP contribution in [0.25, 0.3) is 0 Å². The molecular weight excluding hydrogens is 124 g/mol. The van der Waals surface area contributed by atoms with Crippen molar-refractivity contribution in [2.45, 2.75) is 45.1 Å². The standard InChI is InChI=1S/C9H16O/c1-9-4-2-7(3-5-9)8(10)6-9/h7-8,10H,2-6H2,1H3/t7?,8-,9?/m0/s1. The molecule has 0 radical (unpaired) electrons. The van der Waals surface area contributed by atoms with Crippen molar-refractivity contribution in [2.75, 3.05) is 0 Å². The SMILES string of the molecule is CC12CCC(CC1)[C@@H](O)C2. The van der Waals surface area contributed by atoms with Crippen LogP contribution in [0.2, 0.25) is 0 Å². The fourth-order valence-electron chi connectivity index (χ4n) is 2.60. The molecule has 3 rings (SSSR count). The molecule has 0 heterocycles. The van der Waals surface area contributed by atoms with E-state index in [1.54, 1.807) is 0 Å². The number of rotatable bonds is 0. The summed E-state index contributed by atoms with van der Waals surface area (Å²) in [4.78, 5) is 0. The van der Waals surface area contributed by atoms with E-state index in [2.05, 4.69) is 6.92 Å². The first-order valence-corrected chi connectivity index (χ1v) is 4.38. The van der Waals surface area contributed by atoms with Crippen molar-refractivity contribution in [2.24, 2.45) is 11.3 Å². The van der Waals surface area contributed by atoms with Crippen molar-refractivity contribution < 1.29 is 5.11 Å². The lowest BCUT2D eigenvalue weighted by Crippen LogP contribution is -2.41. The Balaban J connectivity index is 2.14. The molecule has 2 bridgehead atoms. The van der Waals surface area contributed by atoms with Gasteiger partial charge in [0.1, 0.15) is 0 Å². The van der Waals surface area contributed by atoms with Crippen molar-refractivity contribution in [3.8, 4) is 0 Å². The zero-order chi connectivity index (χ0) is 7.19.